The number of benzene rings is 2. The molecule has 0 amide bonds. The van der Waals surface area contributed by atoms with E-state index >= 15 is 0 Å². The van der Waals surface area contributed by atoms with Crippen LogP contribution in [0, 0.1) is 17.1 Å². The second-order valence-electron chi connectivity index (χ2n) is 4.24. The maximum atomic E-state index is 13.8. The second-order valence-corrected chi connectivity index (χ2v) is 6.01. The number of methoxy groups -OCH3 is 1. The summed E-state index contributed by atoms with van der Waals surface area (Å²) in [6.07, 6.45) is 0. The van der Waals surface area contributed by atoms with Gasteiger partial charge in [-0.15, -0.1) is 0 Å². The topological polar surface area (TPSA) is 45.0 Å². The van der Waals surface area contributed by atoms with Crippen LogP contribution in [-0.4, -0.2) is 7.11 Å². The number of anilines is 1. The second kappa shape index (κ2) is 6.92. The molecule has 0 atom stereocenters. The zero-order chi connectivity index (χ0) is 15.4. The van der Waals surface area contributed by atoms with E-state index in [2.05, 4.69) is 37.2 Å². The first-order valence-electron chi connectivity index (χ1n) is 6.00. The Morgan fingerprint density at radius 2 is 2.05 bits per heavy atom. The molecule has 6 heteroatoms. The van der Waals surface area contributed by atoms with Gasteiger partial charge in [-0.2, -0.15) is 5.26 Å². The molecule has 3 nitrogen and oxygen atoms in total. The van der Waals surface area contributed by atoms with Crippen LogP contribution in [0.3, 0.4) is 0 Å². The molecule has 0 saturated carbocycles. The normalized spacial score (nSPS) is 10.0. The molecule has 0 aliphatic carbocycles. The highest BCUT2D eigenvalue weighted by atomic mass is 79.9. The van der Waals surface area contributed by atoms with Gasteiger partial charge >= 0.3 is 0 Å². The average molecular weight is 414 g/mol. The maximum absolute atomic E-state index is 13.8. The van der Waals surface area contributed by atoms with Gasteiger partial charge in [-0.3, -0.25) is 0 Å². The summed E-state index contributed by atoms with van der Waals surface area (Å²) in [5.41, 5.74) is 1.51. The Hall–Kier alpha value is -1.58. The van der Waals surface area contributed by atoms with Crippen LogP contribution >= 0.6 is 31.9 Å². The van der Waals surface area contributed by atoms with Crippen molar-refractivity contribution in [2.45, 2.75) is 6.54 Å². The summed E-state index contributed by atoms with van der Waals surface area (Å²) in [6.45, 7) is 0.393. The fourth-order valence-electron chi connectivity index (χ4n) is 1.89. The van der Waals surface area contributed by atoms with Gasteiger partial charge < -0.3 is 10.1 Å². The molecule has 2 rings (SSSR count). The standard InChI is InChI=1S/C15H11Br2FN2O/c1-21-15-10(5-11(16)6-12(15)17)8-20-14-3-2-9(7-19)4-13(14)18/h2-6,20H,8H2,1H3. The molecule has 0 aromatic heterocycles. The smallest absolute Gasteiger partial charge is 0.147 e. The number of hydrogen-bond acceptors (Lipinski definition) is 3. The maximum Gasteiger partial charge on any atom is 0.147 e. The van der Waals surface area contributed by atoms with E-state index < -0.39 is 5.82 Å². The predicted molar refractivity (Wildman–Crippen MR) is 86.8 cm³/mol. The molecular weight excluding hydrogens is 403 g/mol. The quantitative estimate of drug-likeness (QED) is 0.779. The molecular formula is C15H11Br2FN2O. The number of hydrogen-bond donors (Lipinski definition) is 1. The zero-order valence-electron chi connectivity index (χ0n) is 11.1. The Labute approximate surface area is 139 Å². The van der Waals surface area contributed by atoms with E-state index in [0.717, 1.165) is 14.5 Å². The van der Waals surface area contributed by atoms with E-state index in [9.17, 15) is 4.39 Å². The molecule has 2 aromatic carbocycles. The van der Waals surface area contributed by atoms with E-state index in [-0.39, 0.29) is 0 Å². The molecule has 21 heavy (non-hydrogen) atoms. The van der Waals surface area contributed by atoms with Crippen LogP contribution in [0.5, 0.6) is 5.75 Å². The SMILES string of the molecule is COc1c(Br)cc(Br)cc1CNc1ccc(C#N)cc1F. The molecule has 0 fully saturated rings. The third-order valence-corrected chi connectivity index (χ3v) is 3.90. The molecule has 2 aromatic rings. The first-order chi connectivity index (χ1) is 10.0. The van der Waals surface area contributed by atoms with E-state index in [1.54, 1.807) is 19.2 Å². The molecule has 0 spiro atoms. The van der Waals surface area contributed by atoms with Crippen LogP contribution in [0.25, 0.3) is 0 Å². The third kappa shape index (κ3) is 3.74. The molecule has 0 heterocycles. The van der Waals surface area contributed by atoms with Crippen LogP contribution in [-0.2, 0) is 6.54 Å². The average Bonchev–Trinajstić information content (AvgIpc) is 2.45. The van der Waals surface area contributed by atoms with Crippen molar-refractivity contribution in [3.05, 3.63) is 56.2 Å². The number of halogens is 3. The molecule has 0 aliphatic rings. The fraction of sp³-hybridized carbons (Fsp3) is 0.133. The lowest BCUT2D eigenvalue weighted by Crippen LogP contribution is -2.04. The summed E-state index contributed by atoms with van der Waals surface area (Å²) in [5.74, 6) is 0.238. The molecule has 0 saturated heterocycles. The van der Waals surface area contributed by atoms with Gasteiger partial charge in [0.1, 0.15) is 11.6 Å². The lowest BCUT2D eigenvalue weighted by Gasteiger charge is -2.13. The van der Waals surface area contributed by atoms with Crippen molar-refractivity contribution in [2.75, 3.05) is 12.4 Å². The van der Waals surface area contributed by atoms with Crippen molar-refractivity contribution in [3.8, 4) is 11.8 Å². The lowest BCUT2D eigenvalue weighted by molar-refractivity contribution is 0.407. The van der Waals surface area contributed by atoms with Gasteiger partial charge in [0.05, 0.1) is 28.9 Å². The van der Waals surface area contributed by atoms with Gasteiger partial charge in [-0.25, -0.2) is 4.39 Å². The summed E-state index contributed by atoms with van der Waals surface area (Å²) in [6, 6.07) is 10.0. The van der Waals surface area contributed by atoms with Crippen molar-refractivity contribution in [2.24, 2.45) is 0 Å². The van der Waals surface area contributed by atoms with Crippen molar-refractivity contribution >= 4 is 37.5 Å². The van der Waals surface area contributed by atoms with E-state index in [1.807, 2.05) is 18.2 Å². The first-order valence-corrected chi connectivity index (χ1v) is 7.59. The van der Waals surface area contributed by atoms with Crippen LogP contribution in [0.4, 0.5) is 10.1 Å². The minimum absolute atomic E-state index is 0.292. The molecule has 0 unspecified atom stereocenters. The van der Waals surface area contributed by atoms with Crippen molar-refractivity contribution in [3.63, 3.8) is 0 Å². The van der Waals surface area contributed by atoms with E-state index in [1.165, 1.54) is 6.07 Å². The monoisotopic (exact) mass is 412 g/mol. The number of nitriles is 1. The van der Waals surface area contributed by atoms with Gasteiger partial charge in [-0.1, -0.05) is 15.9 Å². The van der Waals surface area contributed by atoms with Crippen molar-refractivity contribution in [1.29, 1.82) is 5.26 Å². The largest absolute Gasteiger partial charge is 0.495 e. The third-order valence-electron chi connectivity index (χ3n) is 2.86. The van der Waals surface area contributed by atoms with E-state index in [0.29, 0.717) is 23.5 Å². The first kappa shape index (κ1) is 15.8. The Bertz CT molecular complexity index is 714. The predicted octanol–water partition coefficient (Wildman–Crippen LogP) is 4.84. The van der Waals surface area contributed by atoms with Gasteiger partial charge in [0.2, 0.25) is 0 Å². The minimum Gasteiger partial charge on any atom is -0.495 e. The number of nitrogens with zero attached hydrogens (tertiary/aromatic N) is 1. The summed E-state index contributed by atoms with van der Waals surface area (Å²) < 4.78 is 20.9. The minimum atomic E-state index is -0.456. The van der Waals surface area contributed by atoms with Crippen molar-refractivity contribution < 1.29 is 9.13 Å². The highest BCUT2D eigenvalue weighted by Crippen LogP contribution is 2.33. The Kier molecular flexibility index (Phi) is 5.21. The van der Waals surface area contributed by atoms with Gasteiger partial charge in [0, 0.05) is 16.6 Å². The van der Waals surface area contributed by atoms with Gasteiger partial charge in [-0.05, 0) is 46.3 Å². The van der Waals surface area contributed by atoms with Gasteiger partial charge in [0.15, 0.2) is 0 Å². The van der Waals surface area contributed by atoms with Gasteiger partial charge in [0.25, 0.3) is 0 Å². The molecule has 108 valence electrons. The highest BCUT2D eigenvalue weighted by Gasteiger charge is 2.10. The number of nitrogens with one attached hydrogen (secondary N) is 1. The Morgan fingerprint density at radius 3 is 2.67 bits per heavy atom. The molecule has 0 bridgehead atoms. The fourth-order valence-corrected chi connectivity index (χ4v) is 3.37. The highest BCUT2D eigenvalue weighted by molar-refractivity contribution is 9.11. The molecule has 0 aliphatic heterocycles. The van der Waals surface area contributed by atoms with E-state index in [4.69, 9.17) is 10.00 Å². The Balaban J connectivity index is 2.23. The summed E-state index contributed by atoms with van der Waals surface area (Å²) >= 11 is 6.84. The Morgan fingerprint density at radius 1 is 1.29 bits per heavy atom. The number of rotatable bonds is 4. The summed E-state index contributed by atoms with van der Waals surface area (Å²) in [7, 11) is 1.58. The van der Waals surface area contributed by atoms with Crippen molar-refractivity contribution in [1.82, 2.24) is 0 Å². The zero-order valence-corrected chi connectivity index (χ0v) is 14.3. The molecule has 1 N–H and O–H groups in total. The number of ether oxygens (including phenoxy) is 1. The molecule has 0 radical (unpaired) electrons. The van der Waals surface area contributed by atoms with Crippen LogP contribution in [0.2, 0.25) is 0 Å². The summed E-state index contributed by atoms with van der Waals surface area (Å²) in [5, 5.41) is 11.7. The summed E-state index contributed by atoms with van der Waals surface area (Å²) in [4.78, 5) is 0. The van der Waals surface area contributed by atoms with Crippen LogP contribution < -0.4 is 10.1 Å². The van der Waals surface area contributed by atoms with Crippen LogP contribution in [0.15, 0.2) is 39.3 Å². The van der Waals surface area contributed by atoms with Crippen LogP contribution in [0.1, 0.15) is 11.1 Å². The lowest BCUT2D eigenvalue weighted by atomic mass is 10.1.